The largest absolute Gasteiger partial charge is 0.323 e. The third kappa shape index (κ3) is 2.58. The third-order valence-corrected chi connectivity index (χ3v) is 4.38. The molecule has 3 aromatic rings. The molecule has 0 bridgehead atoms. The normalized spacial score (nSPS) is 16.2. The SMILES string of the molecule is CCc1ccc(C2=CC(c3cccc(C)c3)n3nnnc3N2)cc1. The molecule has 1 aromatic heterocycles. The van der Waals surface area contributed by atoms with E-state index >= 15 is 0 Å². The van der Waals surface area contributed by atoms with Gasteiger partial charge in [-0.25, -0.2) is 0 Å². The second-order valence-corrected chi connectivity index (χ2v) is 6.06. The highest BCUT2D eigenvalue weighted by molar-refractivity contribution is 5.77. The Labute approximate surface area is 141 Å². The molecule has 1 unspecified atom stereocenters. The Balaban J connectivity index is 1.78. The van der Waals surface area contributed by atoms with E-state index in [9.17, 15) is 0 Å². The van der Waals surface area contributed by atoms with E-state index in [-0.39, 0.29) is 6.04 Å². The molecule has 1 N–H and O–H groups in total. The summed E-state index contributed by atoms with van der Waals surface area (Å²) >= 11 is 0. The van der Waals surface area contributed by atoms with Crippen LogP contribution in [0.25, 0.3) is 5.70 Å². The summed E-state index contributed by atoms with van der Waals surface area (Å²) in [7, 11) is 0. The van der Waals surface area contributed by atoms with E-state index in [0.29, 0.717) is 5.95 Å². The van der Waals surface area contributed by atoms with Gasteiger partial charge in [0.05, 0.1) is 0 Å². The van der Waals surface area contributed by atoms with Crippen molar-refractivity contribution < 1.29 is 0 Å². The Morgan fingerprint density at radius 2 is 1.96 bits per heavy atom. The summed E-state index contributed by atoms with van der Waals surface area (Å²) in [5.74, 6) is 0.665. The van der Waals surface area contributed by atoms with Crippen molar-refractivity contribution in [2.24, 2.45) is 0 Å². The quantitative estimate of drug-likeness (QED) is 0.802. The molecule has 0 aliphatic carbocycles. The summed E-state index contributed by atoms with van der Waals surface area (Å²) < 4.78 is 1.82. The summed E-state index contributed by atoms with van der Waals surface area (Å²) in [6.45, 7) is 4.26. The highest BCUT2D eigenvalue weighted by Crippen LogP contribution is 2.31. The minimum atomic E-state index is -0.0167. The molecule has 24 heavy (non-hydrogen) atoms. The first-order valence-corrected chi connectivity index (χ1v) is 8.17. The lowest BCUT2D eigenvalue weighted by atomic mass is 9.99. The zero-order valence-corrected chi connectivity index (χ0v) is 13.8. The number of hydrogen-bond acceptors (Lipinski definition) is 4. The van der Waals surface area contributed by atoms with Crippen LogP contribution in [0, 0.1) is 6.92 Å². The molecular formula is C19H19N5. The number of allylic oxidation sites excluding steroid dienone is 1. The number of anilines is 1. The summed E-state index contributed by atoms with van der Waals surface area (Å²) in [6.07, 6.45) is 3.22. The van der Waals surface area contributed by atoms with Crippen LogP contribution in [0.1, 0.15) is 35.2 Å². The van der Waals surface area contributed by atoms with Gasteiger partial charge in [-0.05, 0) is 46.5 Å². The molecule has 2 heterocycles. The zero-order chi connectivity index (χ0) is 16.5. The van der Waals surface area contributed by atoms with Gasteiger partial charge in [0.2, 0.25) is 5.95 Å². The number of aromatic nitrogens is 4. The number of aryl methyl sites for hydroxylation is 2. The van der Waals surface area contributed by atoms with Gasteiger partial charge < -0.3 is 5.32 Å². The van der Waals surface area contributed by atoms with Crippen LogP contribution in [0.5, 0.6) is 0 Å². The summed E-state index contributed by atoms with van der Waals surface area (Å²) in [4.78, 5) is 0. The molecule has 0 radical (unpaired) electrons. The Bertz CT molecular complexity index is 892. The van der Waals surface area contributed by atoms with E-state index in [4.69, 9.17) is 0 Å². The average molecular weight is 317 g/mol. The van der Waals surface area contributed by atoms with Crippen LogP contribution in [0.4, 0.5) is 5.95 Å². The molecule has 5 heteroatoms. The molecule has 1 aliphatic heterocycles. The molecule has 0 saturated carbocycles. The maximum Gasteiger partial charge on any atom is 0.248 e. The van der Waals surface area contributed by atoms with Crippen LogP contribution in [0.15, 0.2) is 54.6 Å². The Morgan fingerprint density at radius 1 is 1.12 bits per heavy atom. The zero-order valence-electron chi connectivity index (χ0n) is 13.8. The van der Waals surface area contributed by atoms with Gasteiger partial charge in [-0.15, -0.1) is 0 Å². The molecule has 5 nitrogen and oxygen atoms in total. The fourth-order valence-electron chi connectivity index (χ4n) is 3.03. The van der Waals surface area contributed by atoms with Gasteiger partial charge >= 0.3 is 0 Å². The number of nitrogens with one attached hydrogen (secondary N) is 1. The summed E-state index contributed by atoms with van der Waals surface area (Å²) in [5, 5.41) is 15.4. The molecule has 2 aromatic carbocycles. The second kappa shape index (κ2) is 5.92. The van der Waals surface area contributed by atoms with Crippen LogP contribution < -0.4 is 5.32 Å². The smallest absolute Gasteiger partial charge is 0.248 e. The van der Waals surface area contributed by atoms with Crippen LogP contribution in [0.3, 0.4) is 0 Å². The molecule has 1 aliphatic rings. The van der Waals surface area contributed by atoms with Crippen molar-refractivity contribution in [1.82, 2.24) is 20.2 Å². The number of benzene rings is 2. The average Bonchev–Trinajstić information content (AvgIpc) is 3.09. The molecule has 0 saturated heterocycles. The predicted octanol–water partition coefficient (Wildman–Crippen LogP) is 3.60. The van der Waals surface area contributed by atoms with E-state index in [2.05, 4.69) is 89.3 Å². The topological polar surface area (TPSA) is 55.6 Å². The molecular weight excluding hydrogens is 298 g/mol. The highest BCUT2D eigenvalue weighted by atomic mass is 15.6. The van der Waals surface area contributed by atoms with Crippen LogP contribution in [-0.4, -0.2) is 20.2 Å². The number of tetrazole rings is 1. The van der Waals surface area contributed by atoms with Gasteiger partial charge in [-0.1, -0.05) is 66.1 Å². The third-order valence-electron chi connectivity index (χ3n) is 4.38. The van der Waals surface area contributed by atoms with Gasteiger partial charge in [0.15, 0.2) is 0 Å². The lowest BCUT2D eigenvalue weighted by molar-refractivity contribution is 0.585. The highest BCUT2D eigenvalue weighted by Gasteiger charge is 2.24. The van der Waals surface area contributed by atoms with Crippen molar-refractivity contribution in [3.63, 3.8) is 0 Å². The van der Waals surface area contributed by atoms with Crippen molar-refractivity contribution in [2.45, 2.75) is 26.3 Å². The monoisotopic (exact) mass is 317 g/mol. The molecule has 1 atom stereocenters. The first-order chi connectivity index (χ1) is 11.7. The van der Waals surface area contributed by atoms with Crippen molar-refractivity contribution in [2.75, 3.05) is 5.32 Å². The van der Waals surface area contributed by atoms with E-state index < -0.39 is 0 Å². The maximum absolute atomic E-state index is 4.15. The van der Waals surface area contributed by atoms with Crippen LogP contribution >= 0.6 is 0 Å². The minimum Gasteiger partial charge on any atom is -0.323 e. The van der Waals surface area contributed by atoms with Gasteiger partial charge in [0.25, 0.3) is 0 Å². The number of hydrogen-bond donors (Lipinski definition) is 1. The van der Waals surface area contributed by atoms with E-state index in [1.54, 1.807) is 0 Å². The van der Waals surface area contributed by atoms with E-state index in [1.165, 1.54) is 16.7 Å². The number of rotatable bonds is 3. The summed E-state index contributed by atoms with van der Waals surface area (Å²) in [5.41, 5.74) is 5.90. The molecule has 120 valence electrons. The van der Waals surface area contributed by atoms with Gasteiger partial charge in [-0.3, -0.25) is 0 Å². The van der Waals surface area contributed by atoms with Crippen molar-refractivity contribution >= 4 is 11.6 Å². The van der Waals surface area contributed by atoms with Gasteiger partial charge in [0.1, 0.15) is 6.04 Å². The molecule has 4 rings (SSSR count). The van der Waals surface area contributed by atoms with Crippen LogP contribution in [-0.2, 0) is 6.42 Å². The predicted molar refractivity (Wildman–Crippen MR) is 94.6 cm³/mol. The van der Waals surface area contributed by atoms with Crippen LogP contribution in [0.2, 0.25) is 0 Å². The lowest BCUT2D eigenvalue weighted by Gasteiger charge is -2.23. The van der Waals surface area contributed by atoms with Crippen molar-refractivity contribution in [3.05, 3.63) is 76.9 Å². The van der Waals surface area contributed by atoms with Gasteiger partial charge in [-0.2, -0.15) is 4.68 Å². The van der Waals surface area contributed by atoms with E-state index in [1.807, 2.05) is 4.68 Å². The second-order valence-electron chi connectivity index (χ2n) is 6.06. The first kappa shape index (κ1) is 14.6. The fourth-order valence-corrected chi connectivity index (χ4v) is 3.03. The number of nitrogens with zero attached hydrogens (tertiary/aromatic N) is 4. The van der Waals surface area contributed by atoms with Crippen molar-refractivity contribution in [3.8, 4) is 0 Å². The molecule has 0 fully saturated rings. The Morgan fingerprint density at radius 3 is 2.71 bits per heavy atom. The number of fused-ring (bicyclic) bond motifs is 1. The maximum atomic E-state index is 4.15. The Hall–Kier alpha value is -2.95. The fraction of sp³-hybridized carbons (Fsp3) is 0.211. The van der Waals surface area contributed by atoms with Gasteiger partial charge in [0, 0.05) is 5.70 Å². The molecule has 0 spiro atoms. The van der Waals surface area contributed by atoms with E-state index in [0.717, 1.165) is 17.7 Å². The molecule has 0 amide bonds. The van der Waals surface area contributed by atoms with Crippen molar-refractivity contribution in [1.29, 1.82) is 0 Å². The standard InChI is InChI=1S/C19H19N5/c1-3-14-7-9-15(10-8-14)17-12-18(16-6-4-5-13(2)11-16)24-19(20-17)21-22-23-24/h4-12,18H,3H2,1-2H3,(H,20,21,23). The first-order valence-electron chi connectivity index (χ1n) is 8.17. The summed E-state index contributed by atoms with van der Waals surface area (Å²) in [6, 6.07) is 17.1. The Kier molecular flexibility index (Phi) is 3.61. The minimum absolute atomic E-state index is 0.0167. The lowest BCUT2D eigenvalue weighted by Crippen LogP contribution is -2.20.